The molecule has 1 saturated heterocycles. The molecule has 1 aromatic rings. The Balaban J connectivity index is 1.95. The molecule has 0 atom stereocenters. The molecule has 2 aliphatic heterocycles. The van der Waals surface area contributed by atoms with Crippen LogP contribution in [0.1, 0.15) is 6.92 Å². The summed E-state index contributed by atoms with van der Waals surface area (Å²) < 4.78 is 44.1. The van der Waals surface area contributed by atoms with Crippen LogP contribution >= 0.6 is 31.7 Å². The van der Waals surface area contributed by atoms with Gasteiger partial charge in [0.05, 0.1) is 0 Å². The first-order chi connectivity index (χ1) is 7.94. The molecule has 0 aliphatic carbocycles. The molecular formula is C10H8F3I2NO. The minimum absolute atomic E-state index is 0.159. The van der Waals surface area contributed by atoms with Crippen LogP contribution in [0.5, 0.6) is 5.75 Å². The SMILES string of the molecule is CC1=Nc2cc(OC(F)(F)F)ccc2I2CI12. The van der Waals surface area contributed by atoms with E-state index in [9.17, 15) is 13.2 Å². The van der Waals surface area contributed by atoms with E-state index < -0.39 is 38.1 Å². The number of rotatable bonds is 1. The number of halogens is 5. The molecule has 94 valence electrons. The number of alkyl halides is 5. The number of benzene rings is 1. The standard InChI is InChI=1S/C10H8F3I2NO/c1-6-14-5-15(14)8-3-2-7(4-9(8)16-6)17-10(11,12)13/h2-4H,5H2,1H3. The molecule has 0 saturated carbocycles. The third kappa shape index (κ3) is 2.40. The monoisotopic (exact) mass is 469 g/mol. The molecule has 2 nitrogen and oxygen atoms in total. The van der Waals surface area contributed by atoms with Gasteiger partial charge >= 0.3 is 107 Å². The summed E-state index contributed by atoms with van der Waals surface area (Å²) in [5.41, 5.74) is 0.723. The van der Waals surface area contributed by atoms with E-state index in [-0.39, 0.29) is 5.75 Å². The zero-order valence-electron chi connectivity index (χ0n) is 8.68. The van der Waals surface area contributed by atoms with Gasteiger partial charge in [-0.2, -0.15) is 0 Å². The van der Waals surface area contributed by atoms with Crippen LogP contribution in [-0.2, 0) is 0 Å². The Kier molecular flexibility index (Phi) is 2.80. The van der Waals surface area contributed by atoms with Crippen LogP contribution in [0.2, 0.25) is 0 Å². The second kappa shape index (κ2) is 3.97. The molecule has 1 aromatic carbocycles. The number of fused-ring (bicyclic) bond motifs is 3. The fraction of sp³-hybridized carbons (Fsp3) is 0.300. The van der Waals surface area contributed by atoms with E-state index in [0.717, 1.165) is 5.69 Å². The molecule has 0 unspecified atom stereocenters. The first kappa shape index (κ1) is 12.0. The zero-order chi connectivity index (χ0) is 12.2. The molecule has 17 heavy (non-hydrogen) atoms. The Morgan fingerprint density at radius 1 is 1.29 bits per heavy atom. The van der Waals surface area contributed by atoms with E-state index in [1.165, 1.54) is 21.9 Å². The van der Waals surface area contributed by atoms with Crippen molar-refractivity contribution in [3.05, 3.63) is 21.8 Å². The van der Waals surface area contributed by atoms with E-state index in [4.69, 9.17) is 0 Å². The van der Waals surface area contributed by atoms with Crippen molar-refractivity contribution in [1.29, 1.82) is 0 Å². The van der Waals surface area contributed by atoms with Gasteiger partial charge in [-0.3, -0.25) is 0 Å². The van der Waals surface area contributed by atoms with Gasteiger partial charge in [0.15, 0.2) is 0 Å². The van der Waals surface area contributed by atoms with Gasteiger partial charge in [-0.25, -0.2) is 0 Å². The number of aliphatic imine (C=N–C) groups is 1. The molecule has 0 spiro atoms. The first-order valence-electron chi connectivity index (χ1n) is 4.72. The second-order valence-corrected chi connectivity index (χ2v) is 27.4. The fourth-order valence-electron chi connectivity index (χ4n) is 1.57. The summed E-state index contributed by atoms with van der Waals surface area (Å²) in [6.45, 7) is 2.03. The molecule has 1 fully saturated rings. The van der Waals surface area contributed by atoms with Crippen LogP contribution in [-0.4, -0.2) is 12.5 Å². The van der Waals surface area contributed by atoms with Crippen LogP contribution in [0.25, 0.3) is 0 Å². The molecule has 0 N–H and O–H groups in total. The van der Waals surface area contributed by atoms with E-state index in [1.54, 1.807) is 6.07 Å². The molecule has 3 rings (SSSR count). The van der Waals surface area contributed by atoms with Gasteiger partial charge < -0.3 is 0 Å². The van der Waals surface area contributed by atoms with Crippen molar-refractivity contribution in [1.82, 2.24) is 0 Å². The molecule has 2 heterocycles. The number of ether oxygens (including phenoxy) is 1. The number of nitrogens with zero attached hydrogens (tertiary/aromatic N) is 1. The van der Waals surface area contributed by atoms with Crippen molar-refractivity contribution in [2.45, 2.75) is 13.3 Å². The molecular weight excluding hydrogens is 461 g/mol. The van der Waals surface area contributed by atoms with Crippen molar-refractivity contribution in [3.63, 3.8) is 0 Å². The Bertz CT molecular complexity index is 515. The maximum absolute atomic E-state index is 12.1. The summed E-state index contributed by atoms with van der Waals surface area (Å²) in [7, 11) is 0. The summed E-state index contributed by atoms with van der Waals surface area (Å²) in [5, 5.41) is 0. The fourth-order valence-corrected chi connectivity index (χ4v) is 34.2. The first-order valence-corrected chi connectivity index (χ1v) is 16.2. The summed E-state index contributed by atoms with van der Waals surface area (Å²) in [4.78, 5) is 4.44. The van der Waals surface area contributed by atoms with Gasteiger partial charge in [0.2, 0.25) is 0 Å². The maximum atomic E-state index is 12.1. The number of hydrogen-bond acceptors (Lipinski definition) is 2. The van der Waals surface area contributed by atoms with Gasteiger partial charge in [0.1, 0.15) is 0 Å². The summed E-state index contributed by atoms with van der Waals surface area (Å²) in [6, 6.07) is 4.65. The van der Waals surface area contributed by atoms with E-state index >= 15 is 0 Å². The topological polar surface area (TPSA) is 21.6 Å². The Hall–Kier alpha value is -0.0600. The van der Waals surface area contributed by atoms with Crippen molar-refractivity contribution in [3.8, 4) is 5.75 Å². The Morgan fingerprint density at radius 2 is 2.06 bits per heavy atom. The van der Waals surface area contributed by atoms with Crippen LogP contribution in [0.3, 0.4) is 0 Å². The molecule has 0 bridgehead atoms. The predicted molar refractivity (Wildman–Crippen MR) is 77.5 cm³/mol. The molecule has 7 heteroatoms. The zero-order valence-corrected chi connectivity index (χ0v) is 13.0. The van der Waals surface area contributed by atoms with Crippen molar-refractivity contribution < 1.29 is 17.9 Å². The average molecular weight is 469 g/mol. The van der Waals surface area contributed by atoms with Crippen LogP contribution < -0.4 is 4.74 Å². The molecule has 0 aromatic heterocycles. The van der Waals surface area contributed by atoms with Gasteiger partial charge in [0.25, 0.3) is 0 Å². The van der Waals surface area contributed by atoms with Crippen LogP contribution in [0.15, 0.2) is 23.2 Å². The van der Waals surface area contributed by atoms with Crippen molar-refractivity contribution in [2.24, 2.45) is 4.99 Å². The summed E-state index contributed by atoms with van der Waals surface area (Å²) >= 11 is -1.79. The summed E-state index contributed by atoms with van der Waals surface area (Å²) in [6.07, 6.45) is -4.63. The second-order valence-electron chi connectivity index (χ2n) is 3.48. The van der Waals surface area contributed by atoms with E-state index in [0.29, 0.717) is 0 Å². The van der Waals surface area contributed by atoms with Gasteiger partial charge in [-0.1, -0.05) is 0 Å². The Labute approximate surface area is 106 Å². The summed E-state index contributed by atoms with van der Waals surface area (Å²) in [5.74, 6) is -0.159. The van der Waals surface area contributed by atoms with Crippen molar-refractivity contribution in [2.75, 3.05) is 2.43 Å². The average Bonchev–Trinajstić information content (AvgIpc) is 2.94. The molecule has 2 aliphatic rings. The Morgan fingerprint density at radius 3 is 2.76 bits per heavy atom. The minimum atomic E-state index is -4.63. The van der Waals surface area contributed by atoms with Gasteiger partial charge in [0, 0.05) is 0 Å². The van der Waals surface area contributed by atoms with E-state index in [2.05, 4.69) is 9.73 Å². The van der Waals surface area contributed by atoms with Crippen molar-refractivity contribution >= 4 is 41.1 Å². The van der Waals surface area contributed by atoms with Gasteiger partial charge in [-0.05, 0) is 0 Å². The number of hydrogen-bond donors (Lipinski definition) is 0. The molecule has 0 amide bonds. The predicted octanol–water partition coefficient (Wildman–Crippen LogP) is 4.72. The van der Waals surface area contributed by atoms with Crippen LogP contribution in [0.4, 0.5) is 18.9 Å². The quantitative estimate of drug-likeness (QED) is 0.432. The third-order valence-corrected chi connectivity index (χ3v) is 28.2. The van der Waals surface area contributed by atoms with E-state index in [1.807, 2.05) is 6.92 Å². The molecule has 0 radical (unpaired) electrons. The van der Waals surface area contributed by atoms with Gasteiger partial charge in [-0.15, -0.1) is 0 Å². The third-order valence-electron chi connectivity index (χ3n) is 2.28. The van der Waals surface area contributed by atoms with Crippen LogP contribution in [0, 0.1) is 3.57 Å². The normalized spacial score (nSPS) is 21.5.